The van der Waals surface area contributed by atoms with E-state index >= 15 is 0 Å². The Labute approximate surface area is 261 Å². The Balaban J connectivity index is 1.47. The minimum atomic E-state index is -0.757. The average molecular weight is 618 g/mol. The Kier molecular flexibility index (Phi) is 8.47. The van der Waals surface area contributed by atoms with Crippen LogP contribution in [-0.4, -0.2) is 22.1 Å². The summed E-state index contributed by atoms with van der Waals surface area (Å²) in [6.45, 7) is 2.10. The first-order valence-corrected chi connectivity index (χ1v) is 15.0. The van der Waals surface area contributed by atoms with Gasteiger partial charge >= 0.3 is 5.97 Å². The number of nitro benzene ring substituents is 1. The van der Waals surface area contributed by atoms with E-state index in [4.69, 9.17) is 14.5 Å². The number of hydrogen-bond acceptors (Lipinski definition) is 8. The van der Waals surface area contributed by atoms with Crippen molar-refractivity contribution in [3.05, 3.63) is 167 Å². The zero-order valence-electron chi connectivity index (χ0n) is 24.2. The first kappa shape index (κ1) is 29.5. The number of rotatable bonds is 9. The van der Waals surface area contributed by atoms with Gasteiger partial charge in [0.1, 0.15) is 12.4 Å². The van der Waals surface area contributed by atoms with E-state index < -0.39 is 16.9 Å². The molecule has 45 heavy (non-hydrogen) atoms. The summed E-state index contributed by atoms with van der Waals surface area (Å²) >= 11 is 1.23. The molecule has 1 atom stereocenters. The van der Waals surface area contributed by atoms with Crippen LogP contribution in [0.15, 0.2) is 125 Å². The van der Waals surface area contributed by atoms with Gasteiger partial charge in [-0.05, 0) is 42.3 Å². The highest BCUT2D eigenvalue weighted by molar-refractivity contribution is 7.07. The van der Waals surface area contributed by atoms with Crippen LogP contribution in [0.1, 0.15) is 35.2 Å². The van der Waals surface area contributed by atoms with Gasteiger partial charge in [-0.2, -0.15) is 0 Å². The lowest BCUT2D eigenvalue weighted by Gasteiger charge is -2.25. The summed E-state index contributed by atoms with van der Waals surface area (Å²) in [7, 11) is 0. The van der Waals surface area contributed by atoms with E-state index in [0.29, 0.717) is 31.9 Å². The number of fused-ring (bicyclic) bond motifs is 1. The number of nitrogens with zero attached hydrogens (tertiary/aromatic N) is 3. The highest BCUT2D eigenvalue weighted by Gasteiger charge is 2.35. The van der Waals surface area contributed by atoms with Gasteiger partial charge < -0.3 is 9.47 Å². The molecule has 1 aliphatic rings. The van der Waals surface area contributed by atoms with Gasteiger partial charge in [0.15, 0.2) is 4.80 Å². The van der Waals surface area contributed by atoms with Crippen molar-refractivity contribution < 1.29 is 19.2 Å². The van der Waals surface area contributed by atoms with Crippen LogP contribution in [0.2, 0.25) is 0 Å². The summed E-state index contributed by atoms with van der Waals surface area (Å²) in [5, 5.41) is 11.0. The number of ether oxygens (including phenoxy) is 2. The summed E-state index contributed by atoms with van der Waals surface area (Å²) in [5.41, 5.74) is 3.39. The second kappa shape index (κ2) is 12.9. The molecule has 4 aromatic carbocycles. The monoisotopic (exact) mass is 617 g/mol. The summed E-state index contributed by atoms with van der Waals surface area (Å²) in [6, 6.07) is 31.5. The Hall–Kier alpha value is -5.61. The summed E-state index contributed by atoms with van der Waals surface area (Å²) < 4.78 is 13.6. The van der Waals surface area contributed by atoms with Crippen molar-refractivity contribution in [2.45, 2.75) is 19.6 Å². The molecular formula is C35H27N3O6S. The molecule has 0 spiro atoms. The van der Waals surface area contributed by atoms with E-state index in [1.54, 1.807) is 35.8 Å². The van der Waals surface area contributed by atoms with E-state index in [-0.39, 0.29) is 24.5 Å². The predicted octanol–water partition coefficient (Wildman–Crippen LogP) is 5.42. The van der Waals surface area contributed by atoms with Crippen LogP contribution in [0.4, 0.5) is 5.69 Å². The van der Waals surface area contributed by atoms with Crippen molar-refractivity contribution in [3.63, 3.8) is 0 Å². The zero-order chi connectivity index (χ0) is 31.3. The fraction of sp³-hybridized carbons (Fsp3) is 0.114. The molecule has 0 radical (unpaired) electrons. The van der Waals surface area contributed by atoms with Crippen LogP contribution in [-0.2, 0) is 16.1 Å². The maximum absolute atomic E-state index is 14.2. The normalized spacial score (nSPS) is 14.4. The fourth-order valence-electron chi connectivity index (χ4n) is 5.14. The maximum Gasteiger partial charge on any atom is 0.338 e. The molecule has 0 saturated heterocycles. The molecule has 1 aromatic heterocycles. The van der Waals surface area contributed by atoms with Gasteiger partial charge in [0.25, 0.3) is 11.2 Å². The number of nitro groups is 1. The fourth-order valence-corrected chi connectivity index (χ4v) is 6.13. The molecule has 0 aliphatic carbocycles. The number of carbonyl (C=O) groups is 1. The highest BCUT2D eigenvalue weighted by atomic mass is 32.1. The second-order valence-corrected chi connectivity index (χ2v) is 11.1. The van der Waals surface area contributed by atoms with Crippen LogP contribution in [0.3, 0.4) is 0 Å². The van der Waals surface area contributed by atoms with E-state index in [2.05, 4.69) is 0 Å². The smallest absolute Gasteiger partial charge is 0.338 e. The molecule has 0 fully saturated rings. The van der Waals surface area contributed by atoms with E-state index in [1.807, 2.05) is 78.9 Å². The molecule has 0 unspecified atom stereocenters. The molecule has 224 valence electrons. The number of hydrogen-bond donors (Lipinski definition) is 0. The molecule has 0 saturated carbocycles. The molecular weight excluding hydrogens is 590 g/mol. The molecule has 5 aromatic rings. The van der Waals surface area contributed by atoms with Gasteiger partial charge in [0.05, 0.1) is 33.4 Å². The molecule has 1 aliphatic heterocycles. The largest absolute Gasteiger partial charge is 0.488 e. The van der Waals surface area contributed by atoms with E-state index in [0.717, 1.165) is 16.7 Å². The van der Waals surface area contributed by atoms with E-state index in [9.17, 15) is 19.7 Å². The van der Waals surface area contributed by atoms with Gasteiger partial charge in [0.2, 0.25) is 0 Å². The average Bonchev–Trinajstić information content (AvgIpc) is 3.38. The van der Waals surface area contributed by atoms with Gasteiger partial charge in [-0.25, -0.2) is 9.79 Å². The number of non-ortho nitro benzene ring substituents is 1. The second-order valence-electron chi connectivity index (χ2n) is 10.1. The first-order valence-electron chi connectivity index (χ1n) is 14.2. The van der Waals surface area contributed by atoms with Gasteiger partial charge in [-0.1, -0.05) is 90.2 Å². The topological polar surface area (TPSA) is 113 Å². The summed E-state index contributed by atoms with van der Waals surface area (Å²) in [4.78, 5) is 43.6. The van der Waals surface area contributed by atoms with Crippen molar-refractivity contribution in [1.82, 2.24) is 4.57 Å². The van der Waals surface area contributed by atoms with Crippen LogP contribution in [0, 0.1) is 10.1 Å². The third kappa shape index (κ3) is 6.09. The molecule has 6 rings (SSSR count). The lowest BCUT2D eigenvalue weighted by Crippen LogP contribution is -2.40. The van der Waals surface area contributed by atoms with Crippen LogP contribution in [0.5, 0.6) is 5.75 Å². The minimum absolute atomic E-state index is 0.00451. The molecule has 10 heteroatoms. The van der Waals surface area contributed by atoms with Crippen LogP contribution < -0.4 is 19.6 Å². The standard InChI is InChI=1S/C35H27N3O6S/c1-2-43-34(40)30-31(24-11-5-3-6-12-24)36-35-37(32(30)25-13-7-4-8-14-25)33(39)29(45-35)21-26-15-9-10-16-28(26)44-22-23-17-19-27(20-18-23)38(41)42/h3-21,32H,2,22H2,1H3/b29-21+/t32-/m0/s1. The van der Waals surface area contributed by atoms with Crippen molar-refractivity contribution in [1.29, 1.82) is 0 Å². The Morgan fingerprint density at radius 2 is 1.62 bits per heavy atom. The Bertz CT molecular complexity index is 2090. The summed E-state index contributed by atoms with van der Waals surface area (Å²) in [5.74, 6) is 0.00621. The number of carbonyl (C=O) groups excluding carboxylic acids is 1. The third-order valence-electron chi connectivity index (χ3n) is 7.24. The van der Waals surface area contributed by atoms with Crippen LogP contribution in [0.25, 0.3) is 11.8 Å². The Morgan fingerprint density at radius 3 is 2.31 bits per heavy atom. The number of benzene rings is 4. The molecule has 9 nitrogen and oxygen atoms in total. The van der Waals surface area contributed by atoms with Crippen LogP contribution >= 0.6 is 11.3 Å². The van der Waals surface area contributed by atoms with E-state index in [1.165, 1.54) is 23.5 Å². The minimum Gasteiger partial charge on any atom is -0.488 e. The number of para-hydroxylation sites is 1. The lowest BCUT2D eigenvalue weighted by atomic mass is 9.93. The predicted molar refractivity (Wildman–Crippen MR) is 171 cm³/mol. The summed E-state index contributed by atoms with van der Waals surface area (Å²) in [6.07, 6.45) is 1.76. The quantitative estimate of drug-likeness (QED) is 0.124. The number of aromatic nitrogens is 1. The zero-order valence-corrected chi connectivity index (χ0v) is 25.0. The Morgan fingerprint density at radius 1 is 0.956 bits per heavy atom. The van der Waals surface area contributed by atoms with Gasteiger partial charge in [-0.15, -0.1) is 0 Å². The van der Waals surface area contributed by atoms with Crippen molar-refractivity contribution in [3.8, 4) is 5.75 Å². The van der Waals surface area contributed by atoms with Crippen molar-refractivity contribution in [2.75, 3.05) is 6.61 Å². The third-order valence-corrected chi connectivity index (χ3v) is 8.22. The van der Waals surface area contributed by atoms with Gasteiger partial charge in [-0.3, -0.25) is 19.5 Å². The first-order chi connectivity index (χ1) is 21.9. The van der Waals surface area contributed by atoms with Gasteiger partial charge in [0, 0.05) is 23.3 Å². The molecule has 2 heterocycles. The number of esters is 1. The number of thiazole rings is 1. The lowest BCUT2D eigenvalue weighted by molar-refractivity contribution is -0.384. The van der Waals surface area contributed by atoms with Crippen molar-refractivity contribution >= 4 is 34.8 Å². The molecule has 0 N–H and O–H groups in total. The molecule has 0 amide bonds. The SMILES string of the molecule is CCOC(=O)C1=C(c2ccccc2)N=c2s/c(=C/c3ccccc3OCc3ccc([N+](=O)[O-])cc3)c(=O)n2[C@H]1c1ccccc1. The maximum atomic E-state index is 14.2. The molecule has 0 bridgehead atoms. The highest BCUT2D eigenvalue weighted by Crippen LogP contribution is 2.35. The van der Waals surface area contributed by atoms with Crippen molar-refractivity contribution in [2.24, 2.45) is 4.99 Å².